The van der Waals surface area contributed by atoms with Gasteiger partial charge >= 0.3 is 0 Å². The molecule has 0 bridgehead atoms. The first-order valence-corrected chi connectivity index (χ1v) is 21.6. The molecule has 1 unspecified atom stereocenters. The van der Waals surface area contributed by atoms with Crippen LogP contribution in [0, 0.1) is 0 Å². The van der Waals surface area contributed by atoms with Gasteiger partial charge < -0.3 is 28.9 Å². The SMILES string of the molecule is CCCCCCCCCCCCC/C=C/[C@@H](O)[C@H](CP(=O)([O-])OCC[N+](C)(C)C)NC(=O)CCCCCCCCCCCCCCC. The van der Waals surface area contributed by atoms with E-state index in [0.717, 1.165) is 38.5 Å². The molecule has 0 radical (unpaired) electrons. The Labute approximate surface area is 292 Å². The van der Waals surface area contributed by atoms with E-state index in [1.807, 2.05) is 27.2 Å². The molecule has 0 saturated carbocycles. The third kappa shape index (κ3) is 33.5. The number of nitrogens with one attached hydrogen (secondary N) is 1. The van der Waals surface area contributed by atoms with E-state index in [0.29, 0.717) is 17.4 Å². The number of unbranched alkanes of at least 4 members (excludes halogenated alkanes) is 23. The van der Waals surface area contributed by atoms with E-state index in [1.54, 1.807) is 6.08 Å². The standard InChI is InChI=1S/C39H79N2O5P/c1-6-8-10-12-14-16-18-20-22-24-26-28-30-32-38(42)37(36-47(44,45)46-35-34-41(3,4)5)40-39(43)33-31-29-27-25-23-21-19-17-15-13-11-9-7-2/h30,32,37-38,42H,6-29,31,33-36H2,1-5H3,(H-,40,43,44,45)/b32-30+/t37-,38+/m0/s1. The molecule has 0 aromatic carbocycles. The van der Waals surface area contributed by atoms with Crippen LogP contribution in [-0.2, 0) is 13.9 Å². The van der Waals surface area contributed by atoms with Gasteiger partial charge in [-0.1, -0.05) is 167 Å². The highest BCUT2D eigenvalue weighted by atomic mass is 31.2. The monoisotopic (exact) mass is 687 g/mol. The van der Waals surface area contributed by atoms with Crippen LogP contribution in [0.3, 0.4) is 0 Å². The Morgan fingerprint density at radius 3 is 1.55 bits per heavy atom. The lowest BCUT2D eigenvalue weighted by Crippen LogP contribution is -2.46. The molecule has 0 saturated heterocycles. The Hall–Kier alpha value is -0.720. The van der Waals surface area contributed by atoms with Crippen molar-refractivity contribution >= 4 is 13.5 Å². The van der Waals surface area contributed by atoms with Crippen LogP contribution in [0.15, 0.2) is 12.2 Å². The van der Waals surface area contributed by atoms with Gasteiger partial charge in [-0.3, -0.25) is 4.79 Å². The van der Waals surface area contributed by atoms with Crippen molar-refractivity contribution in [1.82, 2.24) is 5.32 Å². The van der Waals surface area contributed by atoms with Crippen molar-refractivity contribution in [2.75, 3.05) is 40.5 Å². The van der Waals surface area contributed by atoms with Gasteiger partial charge in [0, 0.05) is 12.6 Å². The molecule has 0 spiro atoms. The van der Waals surface area contributed by atoms with Crippen molar-refractivity contribution < 1.29 is 28.4 Å². The van der Waals surface area contributed by atoms with Gasteiger partial charge in [0.05, 0.1) is 33.3 Å². The predicted molar refractivity (Wildman–Crippen MR) is 200 cm³/mol. The molecule has 0 rings (SSSR count). The van der Waals surface area contributed by atoms with Crippen molar-refractivity contribution in [3.05, 3.63) is 12.2 Å². The van der Waals surface area contributed by atoms with E-state index in [1.165, 1.54) is 122 Å². The van der Waals surface area contributed by atoms with Gasteiger partial charge in [0.1, 0.15) is 20.7 Å². The highest BCUT2D eigenvalue weighted by Gasteiger charge is 2.25. The fraction of sp³-hybridized carbons (Fsp3) is 0.923. The van der Waals surface area contributed by atoms with Crippen molar-refractivity contribution in [3.63, 3.8) is 0 Å². The summed E-state index contributed by atoms with van der Waals surface area (Å²) in [5.41, 5.74) is 0. The second kappa shape index (κ2) is 31.3. The maximum Gasteiger partial charge on any atom is 0.220 e. The molecule has 1 amide bonds. The summed E-state index contributed by atoms with van der Waals surface area (Å²) in [5, 5.41) is 13.7. The van der Waals surface area contributed by atoms with E-state index in [2.05, 4.69) is 19.2 Å². The Morgan fingerprint density at radius 2 is 1.13 bits per heavy atom. The number of rotatable bonds is 35. The van der Waals surface area contributed by atoms with Gasteiger partial charge in [0.2, 0.25) is 5.91 Å². The molecule has 0 aromatic rings. The van der Waals surface area contributed by atoms with Crippen LogP contribution in [0.25, 0.3) is 0 Å². The lowest BCUT2D eigenvalue weighted by molar-refractivity contribution is -0.870. The predicted octanol–water partition coefficient (Wildman–Crippen LogP) is 9.85. The number of quaternary nitrogens is 1. The van der Waals surface area contributed by atoms with Crippen LogP contribution >= 0.6 is 7.60 Å². The molecule has 8 heteroatoms. The topological polar surface area (TPSA) is 98.7 Å². The lowest BCUT2D eigenvalue weighted by atomic mass is 10.0. The van der Waals surface area contributed by atoms with Crippen LogP contribution < -0.4 is 10.2 Å². The van der Waals surface area contributed by atoms with Crippen molar-refractivity contribution in [1.29, 1.82) is 0 Å². The first-order valence-electron chi connectivity index (χ1n) is 19.9. The quantitative estimate of drug-likeness (QED) is 0.0299. The maximum atomic E-state index is 12.8. The number of amides is 1. The third-order valence-corrected chi connectivity index (χ3v) is 10.5. The molecule has 0 aromatic heterocycles. The Morgan fingerprint density at radius 1 is 0.723 bits per heavy atom. The van der Waals surface area contributed by atoms with Crippen LogP contribution in [0.4, 0.5) is 0 Å². The van der Waals surface area contributed by atoms with E-state index >= 15 is 0 Å². The number of allylic oxidation sites excluding steroid dienone is 1. The minimum Gasteiger partial charge on any atom is -0.778 e. The van der Waals surface area contributed by atoms with E-state index in [9.17, 15) is 19.4 Å². The van der Waals surface area contributed by atoms with Gasteiger partial charge in [0.15, 0.2) is 0 Å². The molecule has 0 fully saturated rings. The number of carbonyl (C=O) groups is 1. The summed E-state index contributed by atoms with van der Waals surface area (Å²) in [7, 11) is 1.68. The van der Waals surface area contributed by atoms with Crippen molar-refractivity contribution in [2.24, 2.45) is 0 Å². The van der Waals surface area contributed by atoms with Crippen LogP contribution in [0.1, 0.15) is 181 Å². The Balaban J connectivity index is 4.49. The number of hydrogen-bond donors (Lipinski definition) is 2. The molecule has 7 nitrogen and oxygen atoms in total. The van der Waals surface area contributed by atoms with Gasteiger partial charge in [-0.15, -0.1) is 0 Å². The summed E-state index contributed by atoms with van der Waals surface area (Å²) in [4.78, 5) is 25.6. The number of hydrogen-bond acceptors (Lipinski definition) is 5. The summed E-state index contributed by atoms with van der Waals surface area (Å²) < 4.78 is 18.7. The fourth-order valence-corrected chi connectivity index (χ4v) is 7.12. The van der Waals surface area contributed by atoms with Crippen LogP contribution in [0.5, 0.6) is 0 Å². The first-order chi connectivity index (χ1) is 22.5. The highest BCUT2D eigenvalue weighted by molar-refractivity contribution is 7.51. The van der Waals surface area contributed by atoms with Crippen molar-refractivity contribution in [3.8, 4) is 0 Å². The van der Waals surface area contributed by atoms with Gasteiger partial charge in [-0.25, -0.2) is 0 Å². The number of nitrogens with zero attached hydrogens (tertiary/aromatic N) is 1. The van der Waals surface area contributed by atoms with Gasteiger partial charge in [-0.05, 0) is 19.3 Å². The highest BCUT2D eigenvalue weighted by Crippen LogP contribution is 2.38. The maximum absolute atomic E-state index is 12.8. The molecule has 0 aliphatic carbocycles. The fourth-order valence-electron chi connectivity index (χ4n) is 5.86. The molecule has 0 aliphatic heterocycles. The molecule has 280 valence electrons. The van der Waals surface area contributed by atoms with Crippen LogP contribution in [0.2, 0.25) is 0 Å². The molecule has 2 N–H and O–H groups in total. The normalized spacial score (nSPS) is 14.8. The van der Waals surface area contributed by atoms with Gasteiger partial charge in [0.25, 0.3) is 0 Å². The number of carbonyl (C=O) groups excluding carboxylic acids is 1. The molecule has 47 heavy (non-hydrogen) atoms. The largest absolute Gasteiger partial charge is 0.778 e. The zero-order valence-electron chi connectivity index (χ0n) is 31.8. The summed E-state index contributed by atoms with van der Waals surface area (Å²) in [6, 6.07) is -0.925. The smallest absolute Gasteiger partial charge is 0.220 e. The third-order valence-electron chi connectivity index (χ3n) is 9.04. The van der Waals surface area contributed by atoms with Crippen molar-refractivity contribution in [2.45, 2.75) is 193 Å². The van der Waals surface area contributed by atoms with E-state index in [4.69, 9.17) is 4.52 Å². The second-order valence-electron chi connectivity index (χ2n) is 15.1. The summed E-state index contributed by atoms with van der Waals surface area (Å²) in [5.74, 6) is -0.206. The average molecular weight is 687 g/mol. The summed E-state index contributed by atoms with van der Waals surface area (Å²) in [6.45, 7) is 5.13. The number of aliphatic hydroxyl groups excluding tert-OH is 1. The first kappa shape index (κ1) is 46.3. The molecular formula is C39H79N2O5P. The number of aliphatic hydroxyl groups is 1. The van der Waals surface area contributed by atoms with E-state index < -0.39 is 25.9 Å². The molecule has 3 atom stereocenters. The Kier molecular flexibility index (Phi) is 30.8. The van der Waals surface area contributed by atoms with E-state index in [-0.39, 0.29) is 12.5 Å². The lowest BCUT2D eigenvalue weighted by Gasteiger charge is -2.31. The zero-order chi connectivity index (χ0) is 35.1. The molecular weight excluding hydrogens is 607 g/mol. The van der Waals surface area contributed by atoms with Crippen LogP contribution in [-0.4, -0.2) is 68.1 Å². The minimum absolute atomic E-state index is 0.0781. The molecule has 0 heterocycles. The second-order valence-corrected chi connectivity index (χ2v) is 16.9. The van der Waals surface area contributed by atoms with Gasteiger partial charge in [-0.2, -0.15) is 0 Å². The zero-order valence-corrected chi connectivity index (χ0v) is 32.7. The minimum atomic E-state index is -4.25. The summed E-state index contributed by atoms with van der Waals surface area (Å²) >= 11 is 0. The number of likely N-dealkylation sites (N-methyl/N-ethyl adjacent to an activating group) is 1. The molecule has 0 aliphatic rings. The average Bonchev–Trinajstić information content (AvgIpc) is 3.00. The Bertz CT molecular complexity index is 786. The summed E-state index contributed by atoms with van der Waals surface area (Å²) in [6.07, 6.45) is 33.5.